The van der Waals surface area contributed by atoms with Gasteiger partial charge in [-0.15, -0.1) is 11.3 Å². The fraction of sp³-hybridized carbons (Fsp3) is 0.0444. The molecule has 0 atom stereocenters. The number of hydrogen-bond donors (Lipinski definition) is 0. The van der Waals surface area contributed by atoms with E-state index in [1.165, 1.54) is 47.9 Å². The zero-order valence-electron chi connectivity index (χ0n) is 27.5. The molecule has 6 aromatic carbocycles. The summed E-state index contributed by atoms with van der Waals surface area (Å²) in [4.78, 5) is 16.0. The average molecular weight is 672 g/mol. The molecule has 0 amide bonds. The molecule has 0 spiro atoms. The van der Waals surface area contributed by atoms with Crippen molar-refractivity contribution in [2.24, 2.45) is 0 Å². The number of para-hydroxylation sites is 2. The van der Waals surface area contributed by atoms with Crippen LogP contribution in [0.5, 0.6) is 0 Å². The van der Waals surface area contributed by atoms with E-state index >= 15 is 0 Å². The summed E-state index contributed by atoms with van der Waals surface area (Å²) in [5, 5.41) is 6.07. The van der Waals surface area contributed by atoms with E-state index < -0.39 is 0 Å². The Balaban J connectivity index is 1.20. The number of nitrogens with zero attached hydrogens (tertiary/aromatic N) is 5. The van der Waals surface area contributed by atoms with Crippen LogP contribution in [-0.4, -0.2) is 24.1 Å². The van der Waals surface area contributed by atoms with Gasteiger partial charge < -0.3 is 0 Å². The lowest BCUT2D eigenvalue weighted by Crippen LogP contribution is -2.12. The Bertz CT molecular complexity index is 3040. The van der Waals surface area contributed by atoms with Gasteiger partial charge in [-0.3, -0.25) is 9.13 Å². The van der Waals surface area contributed by atoms with Crippen molar-refractivity contribution in [1.82, 2.24) is 24.1 Å². The predicted molar refractivity (Wildman–Crippen MR) is 212 cm³/mol. The van der Waals surface area contributed by atoms with E-state index in [0.717, 1.165) is 45.7 Å². The van der Waals surface area contributed by atoms with Gasteiger partial charge in [0.2, 0.25) is 11.9 Å². The third-order valence-electron chi connectivity index (χ3n) is 10.3. The largest absolute Gasteiger partial charge is 0.282 e. The van der Waals surface area contributed by atoms with Crippen LogP contribution in [0.2, 0.25) is 0 Å². The van der Waals surface area contributed by atoms with E-state index in [1.807, 2.05) is 11.3 Å². The molecular formula is C45H29N5S. The summed E-state index contributed by atoms with van der Waals surface area (Å²) < 4.78 is 6.98. The maximum Gasteiger partial charge on any atom is 0.240 e. The summed E-state index contributed by atoms with van der Waals surface area (Å²) in [5.41, 5.74) is 9.04. The number of allylic oxidation sites excluding steroid dienone is 1. The molecule has 4 heterocycles. The van der Waals surface area contributed by atoms with Gasteiger partial charge in [-0.2, -0.15) is 15.0 Å². The van der Waals surface area contributed by atoms with Gasteiger partial charge in [0.1, 0.15) is 0 Å². The van der Waals surface area contributed by atoms with Crippen LogP contribution in [-0.2, 0) is 6.42 Å². The molecule has 0 unspecified atom stereocenters. The Morgan fingerprint density at radius 2 is 1.14 bits per heavy atom. The second-order valence-corrected chi connectivity index (χ2v) is 14.3. The molecule has 0 saturated heterocycles. The monoisotopic (exact) mass is 671 g/mol. The number of benzene rings is 6. The third kappa shape index (κ3) is 4.36. The molecule has 0 N–H and O–H groups in total. The molecule has 4 aromatic heterocycles. The molecule has 1 aliphatic rings. The molecule has 0 aliphatic heterocycles. The number of aromatic nitrogens is 5. The van der Waals surface area contributed by atoms with Gasteiger partial charge in [0.25, 0.3) is 0 Å². The van der Waals surface area contributed by atoms with Crippen molar-refractivity contribution in [2.75, 3.05) is 0 Å². The van der Waals surface area contributed by atoms with Crippen molar-refractivity contribution in [3.05, 3.63) is 157 Å². The Morgan fingerprint density at radius 3 is 2.00 bits per heavy atom. The zero-order chi connectivity index (χ0) is 33.5. The highest BCUT2D eigenvalue weighted by Crippen LogP contribution is 2.39. The van der Waals surface area contributed by atoms with Crippen LogP contribution < -0.4 is 0 Å². The summed E-state index contributed by atoms with van der Waals surface area (Å²) in [6, 6.07) is 49.7. The van der Waals surface area contributed by atoms with Crippen molar-refractivity contribution in [1.29, 1.82) is 0 Å². The van der Waals surface area contributed by atoms with Crippen molar-refractivity contribution in [3.8, 4) is 34.4 Å². The fourth-order valence-electron chi connectivity index (χ4n) is 7.95. The van der Waals surface area contributed by atoms with Gasteiger partial charge in [-0.05, 0) is 60.4 Å². The molecular weight excluding hydrogens is 643 g/mol. The smallest absolute Gasteiger partial charge is 0.240 e. The van der Waals surface area contributed by atoms with Gasteiger partial charge >= 0.3 is 0 Å². The topological polar surface area (TPSA) is 48.5 Å². The molecule has 0 saturated carbocycles. The molecule has 240 valence electrons. The second kappa shape index (κ2) is 11.1. The van der Waals surface area contributed by atoms with Crippen molar-refractivity contribution >= 4 is 70.3 Å². The number of rotatable bonds is 4. The summed E-state index contributed by atoms with van der Waals surface area (Å²) in [7, 11) is 0. The second-order valence-electron chi connectivity index (χ2n) is 13.2. The number of fused-ring (bicyclic) bond motifs is 9. The van der Waals surface area contributed by atoms with E-state index in [2.05, 4.69) is 161 Å². The minimum atomic E-state index is 0.600. The van der Waals surface area contributed by atoms with Crippen LogP contribution >= 0.6 is 11.3 Å². The average Bonchev–Trinajstić information content (AvgIpc) is 3.85. The SMILES string of the molecule is C1=Cc2c(n(-c3nc(-c4ccc5c(c4)sc4ccccc45)nc(-n4c5ccccc5c5cc(-c6ccccc6)ccc54)n3)c3ccccc23)CC1. The lowest BCUT2D eigenvalue weighted by molar-refractivity contribution is 0.822. The lowest BCUT2D eigenvalue weighted by Gasteiger charge is -2.15. The highest BCUT2D eigenvalue weighted by atomic mass is 32.1. The van der Waals surface area contributed by atoms with Crippen LogP contribution in [0.25, 0.3) is 93.4 Å². The molecule has 10 aromatic rings. The summed E-state index contributed by atoms with van der Waals surface area (Å²) in [5.74, 6) is 1.88. The first-order valence-corrected chi connectivity index (χ1v) is 18.2. The van der Waals surface area contributed by atoms with E-state index in [-0.39, 0.29) is 0 Å². The highest BCUT2D eigenvalue weighted by Gasteiger charge is 2.23. The Morgan fingerprint density at radius 1 is 0.471 bits per heavy atom. The zero-order valence-corrected chi connectivity index (χ0v) is 28.3. The normalized spacial score (nSPS) is 12.9. The first kappa shape index (κ1) is 28.5. The number of thiophene rings is 1. The first-order chi connectivity index (χ1) is 25.3. The minimum absolute atomic E-state index is 0.600. The van der Waals surface area contributed by atoms with Crippen LogP contribution in [0.1, 0.15) is 17.7 Å². The first-order valence-electron chi connectivity index (χ1n) is 17.3. The van der Waals surface area contributed by atoms with Crippen molar-refractivity contribution < 1.29 is 0 Å². The maximum absolute atomic E-state index is 5.36. The third-order valence-corrected chi connectivity index (χ3v) is 11.4. The Kier molecular flexibility index (Phi) is 6.18. The molecule has 11 rings (SSSR count). The molecule has 6 heteroatoms. The summed E-state index contributed by atoms with van der Waals surface area (Å²) >= 11 is 1.81. The number of hydrogen-bond acceptors (Lipinski definition) is 4. The maximum atomic E-state index is 5.36. The van der Waals surface area contributed by atoms with E-state index in [0.29, 0.717) is 17.7 Å². The van der Waals surface area contributed by atoms with Gasteiger partial charge in [0.15, 0.2) is 5.82 Å². The van der Waals surface area contributed by atoms with Gasteiger partial charge in [-0.1, -0.05) is 115 Å². The molecule has 51 heavy (non-hydrogen) atoms. The van der Waals surface area contributed by atoms with Crippen LogP contribution in [0, 0.1) is 0 Å². The van der Waals surface area contributed by atoms with E-state index in [4.69, 9.17) is 15.0 Å². The fourth-order valence-corrected chi connectivity index (χ4v) is 9.09. The lowest BCUT2D eigenvalue weighted by atomic mass is 10.0. The van der Waals surface area contributed by atoms with Crippen LogP contribution in [0.15, 0.2) is 146 Å². The Hall–Kier alpha value is -6.37. The molecule has 1 aliphatic carbocycles. The summed E-state index contributed by atoms with van der Waals surface area (Å²) in [6.45, 7) is 0. The molecule has 0 fully saturated rings. The van der Waals surface area contributed by atoms with Gasteiger partial charge in [0, 0.05) is 53.2 Å². The minimum Gasteiger partial charge on any atom is -0.282 e. The van der Waals surface area contributed by atoms with Gasteiger partial charge in [0.05, 0.1) is 16.6 Å². The van der Waals surface area contributed by atoms with E-state index in [9.17, 15) is 0 Å². The van der Waals surface area contributed by atoms with E-state index in [1.54, 1.807) is 0 Å². The quantitative estimate of drug-likeness (QED) is 0.187. The summed E-state index contributed by atoms with van der Waals surface area (Å²) in [6.07, 6.45) is 6.42. The molecule has 0 bridgehead atoms. The van der Waals surface area contributed by atoms with Crippen LogP contribution in [0.3, 0.4) is 0 Å². The van der Waals surface area contributed by atoms with Crippen molar-refractivity contribution in [2.45, 2.75) is 12.8 Å². The molecule has 5 nitrogen and oxygen atoms in total. The predicted octanol–water partition coefficient (Wildman–Crippen LogP) is 11.6. The molecule has 0 radical (unpaired) electrons. The van der Waals surface area contributed by atoms with Gasteiger partial charge in [-0.25, -0.2) is 0 Å². The highest BCUT2D eigenvalue weighted by molar-refractivity contribution is 7.25. The van der Waals surface area contributed by atoms with Crippen molar-refractivity contribution in [3.63, 3.8) is 0 Å². The standard InChI is InChI=1S/C45H29N5S/c1-2-12-28(13-3-1)29-23-25-40-36(26-29)33-16-6-10-20-39(33)50(40)45-47-43(30-22-24-35-34-17-7-11-21-41(34)51-42(35)27-30)46-44(48-45)49-37-18-8-4-14-31(37)32-15-5-9-19-38(32)49/h1-8,10-18,20-27H,9,19H2. The Labute approximate surface area is 297 Å². The van der Waals surface area contributed by atoms with Crippen LogP contribution in [0.4, 0.5) is 0 Å².